The summed E-state index contributed by atoms with van der Waals surface area (Å²) in [5.74, 6) is 1.09. The van der Waals surface area contributed by atoms with E-state index in [-0.39, 0.29) is 11.4 Å². The molecule has 0 bridgehead atoms. The molecule has 20 heavy (non-hydrogen) atoms. The molecule has 0 saturated carbocycles. The number of rotatable bonds is 5. The molecule has 110 valence electrons. The van der Waals surface area contributed by atoms with Crippen molar-refractivity contribution in [2.24, 2.45) is 4.99 Å². The largest absolute Gasteiger partial charge is 0.493 e. The fourth-order valence-electron chi connectivity index (χ4n) is 1.89. The molecule has 2 rings (SSSR count). The number of anilines is 1. The lowest BCUT2D eigenvalue weighted by Gasteiger charge is -2.17. The molecule has 1 aliphatic rings. The molecule has 0 unspecified atom stereocenters. The smallest absolute Gasteiger partial charge is 0.229 e. The van der Waals surface area contributed by atoms with Crippen molar-refractivity contribution in [2.75, 3.05) is 38.3 Å². The first-order chi connectivity index (χ1) is 9.46. The SMILES string of the molecule is COc1ccc(C2=NCCO2)c(NS(C)(=O)=O)c1OC. The normalized spacial score (nSPS) is 14.4. The molecule has 0 atom stereocenters. The van der Waals surface area contributed by atoms with Crippen LogP contribution in [-0.2, 0) is 14.8 Å². The minimum Gasteiger partial charge on any atom is -0.493 e. The van der Waals surface area contributed by atoms with E-state index >= 15 is 0 Å². The molecule has 1 N–H and O–H groups in total. The zero-order valence-electron chi connectivity index (χ0n) is 11.5. The van der Waals surface area contributed by atoms with Crippen molar-refractivity contribution in [3.05, 3.63) is 17.7 Å². The van der Waals surface area contributed by atoms with Gasteiger partial charge in [0.15, 0.2) is 11.5 Å². The molecule has 8 heteroatoms. The summed E-state index contributed by atoms with van der Waals surface area (Å²) in [6.07, 6.45) is 1.06. The van der Waals surface area contributed by atoms with E-state index in [4.69, 9.17) is 14.2 Å². The van der Waals surface area contributed by atoms with E-state index in [1.165, 1.54) is 14.2 Å². The van der Waals surface area contributed by atoms with E-state index in [0.29, 0.717) is 30.4 Å². The van der Waals surface area contributed by atoms with Crippen molar-refractivity contribution in [3.8, 4) is 11.5 Å². The minimum absolute atomic E-state index is 0.259. The molecular formula is C12H16N2O5S. The topological polar surface area (TPSA) is 86.2 Å². The highest BCUT2D eigenvalue weighted by Crippen LogP contribution is 2.39. The summed E-state index contributed by atoms with van der Waals surface area (Å²) in [6, 6.07) is 3.35. The van der Waals surface area contributed by atoms with Gasteiger partial charge in [0, 0.05) is 0 Å². The standard InChI is InChI=1S/C12H16N2O5S/c1-17-9-5-4-8(12-13-6-7-19-12)10(11(9)18-2)14-20(3,15)16/h4-5,14H,6-7H2,1-3H3. The average molecular weight is 300 g/mol. The van der Waals surface area contributed by atoms with Gasteiger partial charge in [0.1, 0.15) is 12.3 Å². The van der Waals surface area contributed by atoms with Crippen LogP contribution in [0.15, 0.2) is 17.1 Å². The van der Waals surface area contributed by atoms with Gasteiger partial charge in [-0.05, 0) is 12.1 Å². The van der Waals surface area contributed by atoms with Gasteiger partial charge in [-0.3, -0.25) is 4.72 Å². The van der Waals surface area contributed by atoms with E-state index in [1.54, 1.807) is 12.1 Å². The fraction of sp³-hybridized carbons (Fsp3) is 0.417. The van der Waals surface area contributed by atoms with E-state index < -0.39 is 10.0 Å². The van der Waals surface area contributed by atoms with Crippen molar-refractivity contribution in [1.29, 1.82) is 0 Å². The molecule has 0 fully saturated rings. The van der Waals surface area contributed by atoms with Crippen LogP contribution in [0.2, 0.25) is 0 Å². The Hall–Kier alpha value is -1.96. The number of hydrogen-bond acceptors (Lipinski definition) is 6. The lowest BCUT2D eigenvalue weighted by atomic mass is 10.1. The van der Waals surface area contributed by atoms with Crippen LogP contribution in [0.3, 0.4) is 0 Å². The first-order valence-electron chi connectivity index (χ1n) is 5.86. The predicted molar refractivity (Wildman–Crippen MR) is 75.4 cm³/mol. The highest BCUT2D eigenvalue weighted by molar-refractivity contribution is 7.92. The number of hydrogen-bond donors (Lipinski definition) is 1. The quantitative estimate of drug-likeness (QED) is 0.871. The maximum atomic E-state index is 11.5. The van der Waals surface area contributed by atoms with Crippen LogP contribution >= 0.6 is 0 Å². The highest BCUT2D eigenvalue weighted by atomic mass is 32.2. The average Bonchev–Trinajstić information content (AvgIpc) is 2.90. The van der Waals surface area contributed by atoms with Gasteiger partial charge in [0.05, 0.1) is 32.6 Å². The summed E-state index contributed by atoms with van der Waals surface area (Å²) in [6.45, 7) is 1.02. The van der Waals surface area contributed by atoms with Crippen LogP contribution in [-0.4, -0.2) is 47.9 Å². The molecule has 1 aromatic rings. The third-order valence-corrected chi connectivity index (χ3v) is 3.22. The molecule has 0 saturated heterocycles. The molecule has 1 aliphatic heterocycles. The van der Waals surface area contributed by atoms with E-state index in [2.05, 4.69) is 9.71 Å². The minimum atomic E-state index is -3.48. The maximum absolute atomic E-state index is 11.5. The Bertz CT molecular complexity index is 639. The van der Waals surface area contributed by atoms with Crippen LogP contribution in [0, 0.1) is 0 Å². The number of methoxy groups -OCH3 is 2. The van der Waals surface area contributed by atoms with Gasteiger partial charge < -0.3 is 14.2 Å². The molecule has 0 amide bonds. The van der Waals surface area contributed by atoms with E-state index in [1.807, 2.05) is 0 Å². The Morgan fingerprint density at radius 2 is 2.05 bits per heavy atom. The zero-order valence-corrected chi connectivity index (χ0v) is 12.3. The van der Waals surface area contributed by atoms with Crippen LogP contribution in [0.4, 0.5) is 5.69 Å². The first-order valence-corrected chi connectivity index (χ1v) is 7.76. The van der Waals surface area contributed by atoms with Gasteiger partial charge in [-0.25, -0.2) is 13.4 Å². The molecule has 0 aromatic heterocycles. The predicted octanol–water partition coefficient (Wildman–Crippen LogP) is 0.852. The Labute approximate surface area is 117 Å². The van der Waals surface area contributed by atoms with Gasteiger partial charge in [-0.15, -0.1) is 0 Å². The summed E-state index contributed by atoms with van der Waals surface area (Å²) in [5, 5.41) is 0. The number of nitrogens with zero attached hydrogens (tertiary/aromatic N) is 1. The third kappa shape index (κ3) is 2.96. The lowest BCUT2D eigenvalue weighted by Crippen LogP contribution is -2.15. The lowest BCUT2D eigenvalue weighted by molar-refractivity contribution is 0.346. The Balaban J connectivity index is 2.61. The first kappa shape index (κ1) is 14.4. The van der Waals surface area contributed by atoms with E-state index in [0.717, 1.165) is 6.26 Å². The monoisotopic (exact) mass is 300 g/mol. The van der Waals surface area contributed by atoms with Crippen molar-refractivity contribution in [2.45, 2.75) is 0 Å². The fourth-order valence-corrected chi connectivity index (χ4v) is 2.46. The number of ether oxygens (including phenoxy) is 3. The molecule has 1 heterocycles. The Kier molecular flexibility index (Phi) is 4.03. The zero-order chi connectivity index (χ0) is 14.8. The van der Waals surface area contributed by atoms with Crippen molar-refractivity contribution < 1.29 is 22.6 Å². The third-order valence-electron chi connectivity index (χ3n) is 2.65. The summed E-state index contributed by atoms with van der Waals surface area (Å²) >= 11 is 0. The molecule has 0 aliphatic carbocycles. The second kappa shape index (κ2) is 5.58. The van der Waals surface area contributed by atoms with Gasteiger partial charge in [-0.2, -0.15) is 0 Å². The van der Waals surface area contributed by atoms with Crippen LogP contribution < -0.4 is 14.2 Å². The summed E-state index contributed by atoms with van der Waals surface area (Å²) in [4.78, 5) is 4.19. The van der Waals surface area contributed by atoms with Crippen LogP contribution in [0.25, 0.3) is 0 Å². The van der Waals surface area contributed by atoms with E-state index in [9.17, 15) is 8.42 Å². The van der Waals surface area contributed by atoms with Gasteiger partial charge in [0.25, 0.3) is 0 Å². The van der Waals surface area contributed by atoms with Gasteiger partial charge in [-0.1, -0.05) is 0 Å². The molecular weight excluding hydrogens is 284 g/mol. The molecule has 7 nitrogen and oxygen atoms in total. The number of sulfonamides is 1. The number of benzene rings is 1. The van der Waals surface area contributed by atoms with Crippen LogP contribution in [0.5, 0.6) is 11.5 Å². The Morgan fingerprint density at radius 3 is 2.55 bits per heavy atom. The summed E-state index contributed by atoms with van der Waals surface area (Å²) < 4.78 is 41.3. The number of aliphatic imine (C=N–C) groups is 1. The highest BCUT2D eigenvalue weighted by Gasteiger charge is 2.23. The molecule has 1 aromatic carbocycles. The number of nitrogens with one attached hydrogen (secondary N) is 1. The van der Waals surface area contributed by atoms with Gasteiger partial charge >= 0.3 is 0 Å². The Morgan fingerprint density at radius 1 is 1.30 bits per heavy atom. The second-order valence-electron chi connectivity index (χ2n) is 4.13. The van der Waals surface area contributed by atoms with Crippen molar-refractivity contribution in [3.63, 3.8) is 0 Å². The summed E-state index contributed by atoms with van der Waals surface area (Å²) in [5.41, 5.74) is 0.778. The van der Waals surface area contributed by atoms with Crippen LogP contribution in [0.1, 0.15) is 5.56 Å². The molecule has 0 radical (unpaired) electrons. The summed E-state index contributed by atoms with van der Waals surface area (Å²) in [7, 11) is -0.568. The molecule has 0 spiro atoms. The second-order valence-corrected chi connectivity index (χ2v) is 5.88. The van der Waals surface area contributed by atoms with Crippen molar-refractivity contribution in [1.82, 2.24) is 0 Å². The van der Waals surface area contributed by atoms with Crippen molar-refractivity contribution >= 4 is 21.6 Å². The maximum Gasteiger partial charge on any atom is 0.229 e. The van der Waals surface area contributed by atoms with Gasteiger partial charge in [0.2, 0.25) is 15.9 Å².